The van der Waals surface area contributed by atoms with Crippen molar-refractivity contribution >= 4 is 35.8 Å². The number of guanidine groups is 1. The van der Waals surface area contributed by atoms with Crippen LogP contribution in [0.4, 0.5) is 0 Å². The Kier molecular flexibility index (Phi) is 11.2. The number of aromatic nitrogens is 1. The molecule has 8 heteroatoms. The van der Waals surface area contributed by atoms with Gasteiger partial charge in [0.1, 0.15) is 0 Å². The number of likely N-dealkylation sites (N-methyl/N-ethyl adjacent to an activating group) is 1. The van der Waals surface area contributed by atoms with Gasteiger partial charge < -0.3 is 20.3 Å². The highest BCUT2D eigenvalue weighted by atomic mass is 127. The van der Waals surface area contributed by atoms with Gasteiger partial charge >= 0.3 is 0 Å². The number of carbonyl (C=O) groups excluding carboxylic acids is 1. The van der Waals surface area contributed by atoms with E-state index in [-0.39, 0.29) is 42.0 Å². The van der Waals surface area contributed by atoms with Gasteiger partial charge in [0, 0.05) is 38.4 Å². The average molecular weight is 477 g/mol. The van der Waals surface area contributed by atoms with Crippen LogP contribution in [0.1, 0.15) is 39.7 Å². The quantitative estimate of drug-likeness (QED) is 0.358. The second-order valence-electron chi connectivity index (χ2n) is 6.91. The van der Waals surface area contributed by atoms with E-state index in [1.807, 2.05) is 40.0 Å². The number of nitrogens with zero attached hydrogens (tertiary/aromatic N) is 3. The van der Waals surface area contributed by atoms with Crippen LogP contribution in [0.3, 0.4) is 0 Å². The summed E-state index contributed by atoms with van der Waals surface area (Å²) in [6.07, 6.45) is 2.73. The lowest BCUT2D eigenvalue weighted by atomic mass is 10.1. The summed E-state index contributed by atoms with van der Waals surface area (Å²) in [4.78, 5) is 22.3. The smallest absolute Gasteiger partial charge is 0.240 e. The molecule has 0 saturated heterocycles. The van der Waals surface area contributed by atoms with Crippen LogP contribution in [0, 0.1) is 0 Å². The molecule has 0 aliphatic carbocycles. The topological polar surface area (TPSA) is 78.8 Å². The van der Waals surface area contributed by atoms with Crippen molar-refractivity contribution in [1.29, 1.82) is 0 Å². The Bertz CT molecular complexity index is 570. The number of hydrogen-bond donors (Lipinski definition) is 2. The molecular formula is C18H32IN5O2. The number of halogens is 1. The third-order valence-corrected chi connectivity index (χ3v) is 3.17. The Labute approximate surface area is 174 Å². The zero-order chi connectivity index (χ0) is 18.9. The van der Waals surface area contributed by atoms with Crippen molar-refractivity contribution in [2.75, 3.05) is 27.2 Å². The van der Waals surface area contributed by atoms with E-state index in [1.54, 1.807) is 18.1 Å². The van der Waals surface area contributed by atoms with E-state index in [1.165, 1.54) is 0 Å². The van der Waals surface area contributed by atoms with Crippen LogP contribution in [-0.2, 0) is 11.3 Å². The summed E-state index contributed by atoms with van der Waals surface area (Å²) in [6, 6.07) is 3.82. The zero-order valence-electron chi connectivity index (χ0n) is 16.6. The fourth-order valence-electron chi connectivity index (χ4n) is 2.12. The minimum Gasteiger partial charge on any atom is -0.478 e. The third kappa shape index (κ3) is 9.79. The van der Waals surface area contributed by atoms with Gasteiger partial charge in [0.15, 0.2) is 5.96 Å². The van der Waals surface area contributed by atoms with E-state index >= 15 is 0 Å². The van der Waals surface area contributed by atoms with Gasteiger partial charge in [0.2, 0.25) is 11.8 Å². The van der Waals surface area contributed by atoms with E-state index in [0.29, 0.717) is 25.0 Å². The van der Waals surface area contributed by atoms with E-state index in [9.17, 15) is 4.79 Å². The normalized spacial score (nSPS) is 11.4. The number of amides is 1. The summed E-state index contributed by atoms with van der Waals surface area (Å²) in [5.41, 5.74) is 0.764. The molecule has 0 aliphatic rings. The Morgan fingerprint density at radius 1 is 1.35 bits per heavy atom. The summed E-state index contributed by atoms with van der Waals surface area (Å²) in [5.74, 6) is 1.23. The van der Waals surface area contributed by atoms with Crippen molar-refractivity contribution < 1.29 is 9.53 Å². The molecular weight excluding hydrogens is 445 g/mol. The highest BCUT2D eigenvalue weighted by molar-refractivity contribution is 14.0. The first-order chi connectivity index (χ1) is 11.7. The van der Waals surface area contributed by atoms with E-state index in [0.717, 1.165) is 12.0 Å². The molecule has 0 aromatic carbocycles. The molecule has 0 radical (unpaired) electrons. The molecule has 0 atom stereocenters. The summed E-state index contributed by atoms with van der Waals surface area (Å²) < 4.78 is 5.47. The number of ether oxygens (including phenoxy) is 1. The van der Waals surface area contributed by atoms with Crippen LogP contribution in [0.15, 0.2) is 23.3 Å². The number of hydrogen-bond acceptors (Lipinski definition) is 4. The number of carbonyl (C=O) groups is 1. The predicted molar refractivity (Wildman–Crippen MR) is 116 cm³/mol. The molecule has 7 nitrogen and oxygen atoms in total. The molecule has 0 aliphatic heterocycles. The highest BCUT2D eigenvalue weighted by Crippen LogP contribution is 2.08. The van der Waals surface area contributed by atoms with Crippen molar-refractivity contribution in [1.82, 2.24) is 20.5 Å². The molecule has 2 N–H and O–H groups in total. The molecule has 0 unspecified atom stereocenters. The number of rotatable bonds is 7. The zero-order valence-corrected chi connectivity index (χ0v) is 19.0. The predicted octanol–water partition coefficient (Wildman–Crippen LogP) is 2.41. The summed E-state index contributed by atoms with van der Waals surface area (Å²) in [6.45, 7) is 9.40. The summed E-state index contributed by atoms with van der Waals surface area (Å²) in [5, 5.41) is 6.17. The number of pyridine rings is 1. The van der Waals surface area contributed by atoms with Crippen molar-refractivity contribution in [3.63, 3.8) is 0 Å². The fraction of sp³-hybridized carbons (Fsp3) is 0.611. The minimum atomic E-state index is -0.248. The van der Waals surface area contributed by atoms with E-state index in [4.69, 9.17) is 4.74 Å². The Balaban J connectivity index is 0.00000625. The first-order valence-corrected chi connectivity index (χ1v) is 8.55. The molecule has 1 heterocycles. The third-order valence-electron chi connectivity index (χ3n) is 3.17. The maximum absolute atomic E-state index is 12.0. The number of nitrogens with one attached hydrogen (secondary N) is 2. The minimum absolute atomic E-state index is 0. The summed E-state index contributed by atoms with van der Waals surface area (Å²) >= 11 is 0. The highest BCUT2D eigenvalue weighted by Gasteiger charge is 2.16. The van der Waals surface area contributed by atoms with Gasteiger partial charge in [0.25, 0.3) is 0 Å². The van der Waals surface area contributed by atoms with Gasteiger partial charge in [-0.15, -0.1) is 24.0 Å². The van der Waals surface area contributed by atoms with Crippen LogP contribution < -0.4 is 15.4 Å². The van der Waals surface area contributed by atoms with Gasteiger partial charge in [-0.3, -0.25) is 9.79 Å². The van der Waals surface area contributed by atoms with E-state index < -0.39 is 0 Å². The molecule has 0 bridgehead atoms. The van der Waals surface area contributed by atoms with Crippen LogP contribution >= 0.6 is 24.0 Å². The Hall–Kier alpha value is -1.58. The lowest BCUT2D eigenvalue weighted by molar-refractivity contribution is -0.122. The van der Waals surface area contributed by atoms with Crippen molar-refractivity contribution in [2.45, 2.75) is 46.2 Å². The molecule has 0 saturated carbocycles. The monoisotopic (exact) mass is 477 g/mol. The second-order valence-corrected chi connectivity index (χ2v) is 6.91. The Morgan fingerprint density at radius 2 is 2.04 bits per heavy atom. The molecule has 26 heavy (non-hydrogen) atoms. The molecule has 1 rings (SSSR count). The van der Waals surface area contributed by atoms with Crippen LogP contribution in [0.2, 0.25) is 0 Å². The largest absolute Gasteiger partial charge is 0.478 e. The van der Waals surface area contributed by atoms with Crippen molar-refractivity contribution in [2.24, 2.45) is 4.99 Å². The lowest BCUT2D eigenvalue weighted by Gasteiger charge is -2.25. The van der Waals surface area contributed by atoms with Crippen LogP contribution in [-0.4, -0.2) is 54.5 Å². The second kappa shape index (κ2) is 11.9. The van der Waals surface area contributed by atoms with Gasteiger partial charge in [-0.25, -0.2) is 4.98 Å². The molecule has 148 valence electrons. The molecule has 1 aromatic rings. The summed E-state index contributed by atoms with van der Waals surface area (Å²) in [7, 11) is 3.53. The van der Waals surface area contributed by atoms with Gasteiger partial charge in [-0.05, 0) is 32.8 Å². The van der Waals surface area contributed by atoms with Crippen LogP contribution in [0.5, 0.6) is 5.88 Å². The van der Waals surface area contributed by atoms with Gasteiger partial charge in [0.05, 0.1) is 13.2 Å². The SMILES string of the molecule is CCCOc1ccc(CNC(=NC)N(C)CC(=O)NC(C)(C)C)cn1.I. The lowest BCUT2D eigenvalue weighted by Crippen LogP contribution is -2.48. The fourth-order valence-corrected chi connectivity index (χ4v) is 2.12. The first kappa shape index (κ1) is 24.4. The average Bonchev–Trinajstić information content (AvgIpc) is 2.52. The molecule has 0 fully saturated rings. The number of aliphatic imine (C=N–C) groups is 1. The van der Waals surface area contributed by atoms with Crippen molar-refractivity contribution in [3.8, 4) is 5.88 Å². The molecule has 1 aromatic heterocycles. The maximum atomic E-state index is 12.0. The molecule has 0 spiro atoms. The standard InChI is InChI=1S/C18H31N5O2.HI/c1-7-10-25-16-9-8-14(11-20-16)12-21-17(19-5)23(6)13-15(24)22-18(2,3)4;/h8-9,11H,7,10,12-13H2,1-6H3,(H,19,21)(H,22,24);1H. The van der Waals surface area contributed by atoms with Gasteiger partial charge in [-0.2, -0.15) is 0 Å². The van der Waals surface area contributed by atoms with Gasteiger partial charge in [-0.1, -0.05) is 13.0 Å². The van der Waals surface area contributed by atoms with Crippen LogP contribution in [0.25, 0.3) is 0 Å². The maximum Gasteiger partial charge on any atom is 0.240 e. The first-order valence-electron chi connectivity index (χ1n) is 8.55. The molecule has 1 amide bonds. The van der Waals surface area contributed by atoms with E-state index in [2.05, 4.69) is 27.5 Å². The van der Waals surface area contributed by atoms with Crippen molar-refractivity contribution in [3.05, 3.63) is 23.9 Å². The Morgan fingerprint density at radius 3 is 2.54 bits per heavy atom.